The van der Waals surface area contributed by atoms with Crippen molar-refractivity contribution < 1.29 is 13.2 Å². The summed E-state index contributed by atoms with van der Waals surface area (Å²) < 4.78 is 37.5. The molecule has 0 aliphatic heterocycles. The molecule has 0 saturated carbocycles. The second kappa shape index (κ2) is 7.45. The summed E-state index contributed by atoms with van der Waals surface area (Å²) in [5, 5.41) is 7.19. The normalized spacial score (nSPS) is 12.3. The van der Waals surface area contributed by atoms with Crippen LogP contribution in [0.2, 0.25) is 0 Å². The third kappa shape index (κ3) is 5.24. The van der Waals surface area contributed by atoms with Gasteiger partial charge in [0, 0.05) is 24.7 Å². The Kier molecular flexibility index (Phi) is 5.59. The van der Waals surface area contributed by atoms with E-state index in [4.69, 9.17) is 0 Å². The molecule has 2 rings (SSSR count). The van der Waals surface area contributed by atoms with E-state index < -0.39 is 11.7 Å². The number of guanidine groups is 1. The van der Waals surface area contributed by atoms with Gasteiger partial charge in [-0.3, -0.25) is 4.99 Å². The standard InChI is InChI=1S/C15H17F3N4S/c1-10-20-8-13(23-10)9-22-14(19-2)21-7-11-3-5-12(6-4-11)15(16,17)18/h3-6,8H,7,9H2,1-2H3,(H2,19,21,22). The first kappa shape index (κ1) is 17.3. The highest BCUT2D eigenvalue weighted by Gasteiger charge is 2.29. The van der Waals surface area contributed by atoms with Gasteiger partial charge in [-0.15, -0.1) is 11.3 Å². The predicted octanol–water partition coefficient (Wildman–Crippen LogP) is 3.34. The van der Waals surface area contributed by atoms with Crippen LogP contribution in [0, 0.1) is 6.92 Å². The molecular weight excluding hydrogens is 325 g/mol. The van der Waals surface area contributed by atoms with Gasteiger partial charge in [0.05, 0.1) is 17.1 Å². The van der Waals surface area contributed by atoms with Crippen LogP contribution in [0.5, 0.6) is 0 Å². The van der Waals surface area contributed by atoms with Crippen LogP contribution in [-0.4, -0.2) is 18.0 Å². The molecular formula is C15H17F3N4S. The number of nitrogens with one attached hydrogen (secondary N) is 2. The summed E-state index contributed by atoms with van der Waals surface area (Å²) in [6.07, 6.45) is -2.51. The van der Waals surface area contributed by atoms with Gasteiger partial charge in [0.2, 0.25) is 0 Å². The second-order valence-electron chi connectivity index (χ2n) is 4.82. The van der Waals surface area contributed by atoms with Crippen LogP contribution in [0.3, 0.4) is 0 Å². The van der Waals surface area contributed by atoms with Crippen molar-refractivity contribution in [2.45, 2.75) is 26.2 Å². The van der Waals surface area contributed by atoms with Gasteiger partial charge in [-0.05, 0) is 24.6 Å². The highest BCUT2D eigenvalue weighted by molar-refractivity contribution is 7.11. The number of aryl methyl sites for hydroxylation is 1. The highest BCUT2D eigenvalue weighted by Crippen LogP contribution is 2.29. The number of aromatic nitrogens is 1. The van der Waals surface area contributed by atoms with Crippen molar-refractivity contribution >= 4 is 17.3 Å². The van der Waals surface area contributed by atoms with Crippen molar-refractivity contribution in [3.05, 3.63) is 51.5 Å². The fourth-order valence-electron chi connectivity index (χ4n) is 1.88. The zero-order valence-corrected chi connectivity index (χ0v) is 13.6. The zero-order chi connectivity index (χ0) is 16.9. The predicted molar refractivity (Wildman–Crippen MR) is 85.3 cm³/mol. The van der Waals surface area contributed by atoms with Crippen molar-refractivity contribution in [3.8, 4) is 0 Å². The molecule has 0 atom stereocenters. The third-order valence-electron chi connectivity index (χ3n) is 3.06. The Hall–Kier alpha value is -2.09. The summed E-state index contributed by atoms with van der Waals surface area (Å²) >= 11 is 1.60. The summed E-state index contributed by atoms with van der Waals surface area (Å²) in [4.78, 5) is 9.33. The van der Waals surface area contributed by atoms with E-state index in [1.807, 2.05) is 6.92 Å². The highest BCUT2D eigenvalue weighted by atomic mass is 32.1. The van der Waals surface area contributed by atoms with Crippen LogP contribution in [-0.2, 0) is 19.3 Å². The van der Waals surface area contributed by atoms with E-state index in [0.29, 0.717) is 19.0 Å². The maximum atomic E-state index is 12.5. The van der Waals surface area contributed by atoms with Gasteiger partial charge in [-0.1, -0.05) is 12.1 Å². The molecule has 1 aromatic heterocycles. The van der Waals surface area contributed by atoms with E-state index in [1.165, 1.54) is 12.1 Å². The lowest BCUT2D eigenvalue weighted by Gasteiger charge is -2.12. The molecule has 0 bridgehead atoms. The molecule has 8 heteroatoms. The molecule has 0 saturated heterocycles. The lowest BCUT2D eigenvalue weighted by atomic mass is 10.1. The van der Waals surface area contributed by atoms with Gasteiger partial charge in [0.15, 0.2) is 5.96 Å². The molecule has 4 nitrogen and oxygen atoms in total. The minimum atomic E-state index is -4.31. The molecule has 23 heavy (non-hydrogen) atoms. The first-order chi connectivity index (χ1) is 10.9. The molecule has 0 unspecified atom stereocenters. The maximum Gasteiger partial charge on any atom is 0.416 e. The van der Waals surface area contributed by atoms with Crippen molar-refractivity contribution in [1.82, 2.24) is 15.6 Å². The largest absolute Gasteiger partial charge is 0.416 e. The lowest BCUT2D eigenvalue weighted by molar-refractivity contribution is -0.137. The van der Waals surface area contributed by atoms with E-state index in [0.717, 1.165) is 27.6 Å². The Morgan fingerprint density at radius 2 is 1.83 bits per heavy atom. The fraction of sp³-hybridized carbons (Fsp3) is 0.333. The van der Waals surface area contributed by atoms with Crippen molar-refractivity contribution in [2.24, 2.45) is 4.99 Å². The molecule has 2 aromatic rings. The van der Waals surface area contributed by atoms with Gasteiger partial charge in [-0.2, -0.15) is 13.2 Å². The Morgan fingerprint density at radius 1 is 1.17 bits per heavy atom. The Bertz CT molecular complexity index is 662. The average molecular weight is 342 g/mol. The second-order valence-corrected chi connectivity index (χ2v) is 6.14. The monoisotopic (exact) mass is 342 g/mol. The molecule has 0 spiro atoms. The number of hydrogen-bond acceptors (Lipinski definition) is 3. The van der Waals surface area contributed by atoms with E-state index in [-0.39, 0.29) is 0 Å². The van der Waals surface area contributed by atoms with Gasteiger partial charge in [-0.25, -0.2) is 4.98 Å². The molecule has 0 fully saturated rings. The first-order valence-electron chi connectivity index (χ1n) is 6.90. The lowest BCUT2D eigenvalue weighted by Crippen LogP contribution is -2.36. The minimum Gasteiger partial charge on any atom is -0.352 e. The van der Waals surface area contributed by atoms with Crippen LogP contribution in [0.1, 0.15) is 21.0 Å². The van der Waals surface area contributed by atoms with Crippen molar-refractivity contribution in [2.75, 3.05) is 7.05 Å². The molecule has 1 heterocycles. The quantitative estimate of drug-likeness (QED) is 0.662. The van der Waals surface area contributed by atoms with Crippen molar-refractivity contribution in [1.29, 1.82) is 0 Å². The van der Waals surface area contributed by atoms with E-state index in [9.17, 15) is 13.2 Å². The van der Waals surface area contributed by atoms with Crippen LogP contribution < -0.4 is 10.6 Å². The molecule has 0 aliphatic rings. The number of nitrogens with zero attached hydrogens (tertiary/aromatic N) is 2. The summed E-state index contributed by atoms with van der Waals surface area (Å²) in [6.45, 7) is 2.92. The van der Waals surface area contributed by atoms with E-state index >= 15 is 0 Å². The maximum absolute atomic E-state index is 12.5. The van der Waals surface area contributed by atoms with Gasteiger partial charge in [0.25, 0.3) is 0 Å². The molecule has 0 amide bonds. The van der Waals surface area contributed by atoms with E-state index in [2.05, 4.69) is 20.6 Å². The van der Waals surface area contributed by atoms with Gasteiger partial charge in [0.1, 0.15) is 0 Å². The number of hydrogen-bond donors (Lipinski definition) is 2. The first-order valence-corrected chi connectivity index (χ1v) is 7.72. The summed E-state index contributed by atoms with van der Waals surface area (Å²) in [7, 11) is 1.64. The third-order valence-corrected chi connectivity index (χ3v) is 3.98. The van der Waals surface area contributed by atoms with Crippen LogP contribution in [0.15, 0.2) is 35.5 Å². The number of thiazole rings is 1. The Balaban J connectivity index is 1.85. The molecule has 124 valence electrons. The topological polar surface area (TPSA) is 49.3 Å². The summed E-state index contributed by atoms with van der Waals surface area (Å²) in [5.74, 6) is 0.580. The summed E-state index contributed by atoms with van der Waals surface area (Å²) in [5.41, 5.74) is 0.0962. The zero-order valence-electron chi connectivity index (χ0n) is 12.7. The smallest absolute Gasteiger partial charge is 0.352 e. The number of rotatable bonds is 4. The molecule has 0 radical (unpaired) electrons. The molecule has 2 N–H and O–H groups in total. The number of aliphatic imine (C=N–C) groups is 1. The minimum absolute atomic E-state index is 0.388. The number of halogens is 3. The number of alkyl halides is 3. The van der Waals surface area contributed by atoms with E-state index in [1.54, 1.807) is 24.6 Å². The molecule has 0 aliphatic carbocycles. The van der Waals surface area contributed by atoms with Crippen LogP contribution >= 0.6 is 11.3 Å². The number of benzene rings is 1. The van der Waals surface area contributed by atoms with Gasteiger partial charge < -0.3 is 10.6 Å². The van der Waals surface area contributed by atoms with Crippen molar-refractivity contribution in [3.63, 3.8) is 0 Å². The average Bonchev–Trinajstić information content (AvgIpc) is 2.92. The Labute approximate surface area is 136 Å². The van der Waals surface area contributed by atoms with Gasteiger partial charge >= 0.3 is 6.18 Å². The SMILES string of the molecule is CN=C(NCc1ccc(C(F)(F)F)cc1)NCc1cnc(C)s1. The fourth-order valence-corrected chi connectivity index (χ4v) is 2.61. The van der Waals surface area contributed by atoms with Crippen LogP contribution in [0.25, 0.3) is 0 Å². The van der Waals surface area contributed by atoms with Crippen LogP contribution in [0.4, 0.5) is 13.2 Å². The Morgan fingerprint density at radius 3 is 2.35 bits per heavy atom. The molecule has 1 aromatic carbocycles. The summed E-state index contributed by atoms with van der Waals surface area (Å²) in [6, 6.07) is 5.06.